The van der Waals surface area contributed by atoms with Crippen LogP contribution in [0.25, 0.3) is 5.70 Å². The molecule has 0 saturated carbocycles. The van der Waals surface area contributed by atoms with Gasteiger partial charge in [0.2, 0.25) is 0 Å². The van der Waals surface area contributed by atoms with Crippen molar-refractivity contribution < 1.29 is 9.90 Å². The first-order chi connectivity index (χ1) is 7.27. The van der Waals surface area contributed by atoms with E-state index in [0.29, 0.717) is 17.8 Å². The first-order valence-electron chi connectivity index (χ1n) is 4.46. The third-order valence-electron chi connectivity index (χ3n) is 1.99. The number of allylic oxidation sites excluding steroid dienone is 2. The van der Waals surface area contributed by atoms with Gasteiger partial charge in [0.1, 0.15) is 11.4 Å². The second kappa shape index (κ2) is 3.91. The van der Waals surface area contributed by atoms with Crippen molar-refractivity contribution in [3.63, 3.8) is 0 Å². The van der Waals surface area contributed by atoms with Gasteiger partial charge in [-0.15, -0.1) is 5.10 Å². The molecular weight excluding hydrogens is 194 g/mol. The lowest BCUT2D eigenvalue weighted by molar-refractivity contribution is -0.132. The number of aliphatic carboxylic acids is 1. The maximum Gasteiger partial charge on any atom is 0.351 e. The zero-order valence-corrected chi connectivity index (χ0v) is 7.84. The number of carboxylic acid groups (broad SMARTS) is 1. The summed E-state index contributed by atoms with van der Waals surface area (Å²) in [5.74, 6) is -0.968. The van der Waals surface area contributed by atoms with Crippen LogP contribution >= 0.6 is 0 Å². The van der Waals surface area contributed by atoms with Gasteiger partial charge in [-0.25, -0.2) is 4.79 Å². The van der Waals surface area contributed by atoms with Crippen molar-refractivity contribution in [2.45, 2.75) is 6.42 Å². The van der Waals surface area contributed by atoms with Crippen molar-refractivity contribution in [3.8, 4) is 0 Å². The fourth-order valence-electron chi connectivity index (χ4n) is 1.30. The van der Waals surface area contributed by atoms with Gasteiger partial charge in [0.05, 0.1) is 5.70 Å². The van der Waals surface area contributed by atoms with Gasteiger partial charge >= 0.3 is 5.97 Å². The smallest absolute Gasteiger partial charge is 0.351 e. The van der Waals surface area contributed by atoms with E-state index in [1.165, 1.54) is 0 Å². The van der Waals surface area contributed by atoms with Gasteiger partial charge < -0.3 is 10.4 Å². The van der Waals surface area contributed by atoms with Gasteiger partial charge in [-0.2, -0.15) is 5.10 Å². The zero-order valence-electron chi connectivity index (χ0n) is 7.84. The predicted molar refractivity (Wildman–Crippen MR) is 53.5 cm³/mol. The molecule has 2 heterocycles. The number of rotatable bonds is 2. The Bertz CT molecular complexity index is 437. The Kier molecular flexibility index (Phi) is 2.45. The fraction of sp³-hybridized carbons (Fsp3) is 0.100. The van der Waals surface area contributed by atoms with Crippen LogP contribution in [0.15, 0.2) is 36.2 Å². The molecule has 2 rings (SSSR count). The first-order valence-corrected chi connectivity index (χ1v) is 4.46. The Morgan fingerprint density at radius 2 is 2.33 bits per heavy atom. The highest BCUT2D eigenvalue weighted by atomic mass is 16.4. The number of nitrogens with zero attached hydrogens (tertiary/aromatic N) is 2. The van der Waals surface area contributed by atoms with Crippen LogP contribution in [0, 0.1) is 0 Å². The SMILES string of the molecule is O=C(O)C1=CCC=C(c2cccnn2)N1. The van der Waals surface area contributed by atoms with Crippen LogP contribution in [-0.4, -0.2) is 21.3 Å². The van der Waals surface area contributed by atoms with Crippen LogP contribution in [0.2, 0.25) is 0 Å². The Labute approximate surface area is 86.1 Å². The van der Waals surface area contributed by atoms with Gasteiger partial charge in [-0.1, -0.05) is 6.08 Å². The summed E-state index contributed by atoms with van der Waals surface area (Å²) in [7, 11) is 0. The summed E-state index contributed by atoms with van der Waals surface area (Å²) >= 11 is 0. The van der Waals surface area contributed by atoms with Gasteiger partial charge in [0.15, 0.2) is 0 Å². The van der Waals surface area contributed by atoms with Gasteiger partial charge in [-0.05, 0) is 24.6 Å². The first kappa shape index (κ1) is 9.39. The molecule has 0 aromatic carbocycles. The van der Waals surface area contributed by atoms with Crippen LogP contribution in [0.1, 0.15) is 12.1 Å². The van der Waals surface area contributed by atoms with E-state index < -0.39 is 5.97 Å². The summed E-state index contributed by atoms with van der Waals surface area (Å²) < 4.78 is 0. The zero-order chi connectivity index (χ0) is 10.7. The Morgan fingerprint density at radius 1 is 1.47 bits per heavy atom. The summed E-state index contributed by atoms with van der Waals surface area (Å²) in [6.07, 6.45) is 5.64. The molecule has 0 radical (unpaired) electrons. The fourth-order valence-corrected chi connectivity index (χ4v) is 1.30. The minimum absolute atomic E-state index is 0.179. The topological polar surface area (TPSA) is 75.1 Å². The van der Waals surface area contributed by atoms with E-state index in [4.69, 9.17) is 5.11 Å². The molecule has 1 aromatic rings. The van der Waals surface area contributed by atoms with Crippen LogP contribution in [0.3, 0.4) is 0 Å². The van der Waals surface area contributed by atoms with Gasteiger partial charge in [-0.3, -0.25) is 0 Å². The molecule has 0 fully saturated rings. The molecule has 0 bridgehead atoms. The standard InChI is InChI=1S/C10H9N3O2/c14-10(15)9-4-1-3-7(12-9)8-5-2-6-11-13-8/h2-6,12H,1H2,(H,14,15). The van der Waals surface area contributed by atoms with Crippen molar-refractivity contribution in [2.75, 3.05) is 0 Å². The number of nitrogens with one attached hydrogen (secondary N) is 1. The Morgan fingerprint density at radius 3 is 3.00 bits per heavy atom. The average molecular weight is 203 g/mol. The largest absolute Gasteiger partial charge is 0.477 e. The van der Waals surface area contributed by atoms with E-state index in [1.54, 1.807) is 24.4 Å². The summed E-state index contributed by atoms with van der Waals surface area (Å²) in [6, 6.07) is 3.53. The van der Waals surface area contributed by atoms with Crippen molar-refractivity contribution >= 4 is 11.7 Å². The van der Waals surface area contributed by atoms with Crippen molar-refractivity contribution in [1.82, 2.24) is 15.5 Å². The number of hydrogen-bond acceptors (Lipinski definition) is 4. The molecule has 76 valence electrons. The number of hydrogen-bond donors (Lipinski definition) is 2. The van der Waals surface area contributed by atoms with E-state index >= 15 is 0 Å². The van der Waals surface area contributed by atoms with Crippen molar-refractivity contribution in [3.05, 3.63) is 41.9 Å². The van der Waals surface area contributed by atoms with Crippen molar-refractivity contribution in [2.24, 2.45) is 0 Å². The highest BCUT2D eigenvalue weighted by Gasteiger charge is 2.13. The maximum atomic E-state index is 10.7. The second-order valence-corrected chi connectivity index (χ2v) is 3.01. The van der Waals surface area contributed by atoms with Crippen molar-refractivity contribution in [1.29, 1.82) is 0 Å². The van der Waals surface area contributed by atoms with Crippen LogP contribution < -0.4 is 5.32 Å². The predicted octanol–water partition coefficient (Wildman–Crippen LogP) is 0.779. The number of carbonyl (C=O) groups is 1. The molecule has 0 spiro atoms. The molecule has 0 unspecified atom stereocenters. The lowest BCUT2D eigenvalue weighted by atomic mass is 10.1. The quantitative estimate of drug-likeness (QED) is 0.742. The molecular formula is C10H9N3O2. The summed E-state index contributed by atoms with van der Waals surface area (Å²) in [6.45, 7) is 0. The molecule has 2 N–H and O–H groups in total. The molecule has 1 aliphatic rings. The van der Waals surface area contributed by atoms with Crippen LogP contribution in [-0.2, 0) is 4.79 Å². The lowest BCUT2D eigenvalue weighted by Crippen LogP contribution is -2.21. The van der Waals surface area contributed by atoms with E-state index in [0.717, 1.165) is 0 Å². The summed E-state index contributed by atoms with van der Waals surface area (Å²) in [4.78, 5) is 10.7. The average Bonchev–Trinajstić information content (AvgIpc) is 2.30. The molecule has 0 saturated heterocycles. The van der Waals surface area contributed by atoms with Crippen LogP contribution in [0.4, 0.5) is 0 Å². The van der Waals surface area contributed by atoms with E-state index in [2.05, 4.69) is 15.5 Å². The number of dihydropyridines is 1. The minimum atomic E-state index is -0.968. The van der Waals surface area contributed by atoms with Crippen LogP contribution in [0.5, 0.6) is 0 Å². The second-order valence-electron chi connectivity index (χ2n) is 3.01. The lowest BCUT2D eigenvalue weighted by Gasteiger charge is -2.13. The number of carboxylic acids is 1. The molecule has 5 heteroatoms. The van der Waals surface area contributed by atoms with E-state index in [9.17, 15) is 4.79 Å². The molecule has 0 amide bonds. The normalized spacial score (nSPS) is 14.9. The van der Waals surface area contributed by atoms with Gasteiger partial charge in [0, 0.05) is 6.20 Å². The highest BCUT2D eigenvalue weighted by molar-refractivity contribution is 5.89. The van der Waals surface area contributed by atoms with E-state index in [1.807, 2.05) is 6.08 Å². The van der Waals surface area contributed by atoms with Gasteiger partial charge in [0.25, 0.3) is 0 Å². The molecule has 15 heavy (non-hydrogen) atoms. The molecule has 0 aliphatic carbocycles. The van der Waals surface area contributed by atoms with E-state index in [-0.39, 0.29) is 5.70 Å². The third kappa shape index (κ3) is 2.01. The Balaban J connectivity index is 2.21. The molecule has 0 atom stereocenters. The number of aromatic nitrogens is 2. The minimum Gasteiger partial charge on any atom is -0.477 e. The Hall–Kier alpha value is -2.17. The monoisotopic (exact) mass is 203 g/mol. The summed E-state index contributed by atoms with van der Waals surface area (Å²) in [5.41, 5.74) is 1.51. The molecule has 1 aliphatic heterocycles. The third-order valence-corrected chi connectivity index (χ3v) is 1.99. The maximum absolute atomic E-state index is 10.7. The molecule has 5 nitrogen and oxygen atoms in total. The summed E-state index contributed by atoms with van der Waals surface area (Å²) in [5, 5.41) is 19.2. The highest BCUT2D eigenvalue weighted by Crippen LogP contribution is 2.15. The molecule has 1 aromatic heterocycles.